The van der Waals surface area contributed by atoms with Gasteiger partial charge in [-0.05, 0) is 44.5 Å². The number of ether oxygens (including phenoxy) is 1. The topological polar surface area (TPSA) is 98.2 Å². The van der Waals surface area contributed by atoms with Gasteiger partial charge < -0.3 is 14.3 Å². The van der Waals surface area contributed by atoms with Gasteiger partial charge in [0.2, 0.25) is 5.78 Å². The van der Waals surface area contributed by atoms with E-state index in [0.717, 1.165) is 15.7 Å². The Kier molecular flexibility index (Phi) is 5.36. The molecule has 1 atom stereocenters. The number of nitrogens with one attached hydrogen (secondary N) is 1. The van der Waals surface area contributed by atoms with E-state index in [2.05, 4.69) is 20.9 Å². The van der Waals surface area contributed by atoms with Crippen LogP contribution in [0.4, 0.5) is 0 Å². The van der Waals surface area contributed by atoms with Crippen molar-refractivity contribution in [2.24, 2.45) is 0 Å². The summed E-state index contributed by atoms with van der Waals surface area (Å²) in [5, 5.41) is 0.711. The number of esters is 1. The number of benzene rings is 1. The Morgan fingerprint density at radius 1 is 1.23 bits per heavy atom. The number of hydrogen-bond acceptors (Lipinski definition) is 5. The number of sulfone groups is 1. The number of carbonyl (C=O) groups is 2. The monoisotopic (exact) mass is 492 g/mol. The lowest BCUT2D eigenvalue weighted by molar-refractivity contribution is 0.0476. The molecule has 0 saturated carbocycles. The molecule has 9 heteroatoms. The van der Waals surface area contributed by atoms with Crippen LogP contribution in [0.3, 0.4) is 0 Å². The van der Waals surface area contributed by atoms with Crippen LogP contribution in [-0.2, 0) is 14.6 Å². The lowest BCUT2D eigenvalue weighted by atomic mass is 10.1. The minimum absolute atomic E-state index is 0.0854. The van der Waals surface area contributed by atoms with Crippen molar-refractivity contribution >= 4 is 48.4 Å². The molecule has 3 heterocycles. The number of nitrogens with zero attached hydrogens (tertiary/aromatic N) is 1. The van der Waals surface area contributed by atoms with Gasteiger partial charge in [-0.15, -0.1) is 0 Å². The molecule has 4 rings (SSSR count). The van der Waals surface area contributed by atoms with E-state index in [1.54, 1.807) is 19.2 Å². The average Bonchev–Trinajstić information content (AvgIpc) is 3.34. The molecule has 0 spiro atoms. The normalized spacial score (nSPS) is 18.0. The van der Waals surface area contributed by atoms with Gasteiger partial charge in [0.15, 0.2) is 16.4 Å². The van der Waals surface area contributed by atoms with Gasteiger partial charge in [-0.1, -0.05) is 15.9 Å². The summed E-state index contributed by atoms with van der Waals surface area (Å²) in [5.41, 5.74) is 3.14. The van der Waals surface area contributed by atoms with E-state index in [4.69, 9.17) is 4.74 Å². The molecule has 158 valence electrons. The maximum Gasteiger partial charge on any atom is 0.340 e. The molecule has 1 saturated heterocycles. The highest BCUT2D eigenvalue weighted by Crippen LogP contribution is 2.29. The summed E-state index contributed by atoms with van der Waals surface area (Å²) in [7, 11) is -3.04. The second-order valence-corrected chi connectivity index (χ2v) is 10.7. The second kappa shape index (κ2) is 7.70. The standard InChI is InChI=1S/C21H21BrN2O5S/c1-12-7-16(13(2)24(12)15-5-6-30(27,28)11-15)20(25)10-29-21(26)18-9-23-19-4-3-14(22)8-17(18)19/h3-4,7-9,15,23H,5-6,10-11H2,1-2H3. The molecule has 1 fully saturated rings. The highest BCUT2D eigenvalue weighted by molar-refractivity contribution is 9.10. The molecule has 1 aromatic carbocycles. The Labute approximate surface area is 182 Å². The molecular formula is C21H21BrN2O5S. The smallest absolute Gasteiger partial charge is 0.340 e. The number of aromatic nitrogens is 2. The van der Waals surface area contributed by atoms with E-state index < -0.39 is 15.8 Å². The van der Waals surface area contributed by atoms with Crippen LogP contribution in [0.1, 0.15) is 44.6 Å². The van der Waals surface area contributed by atoms with Crippen LogP contribution in [0.15, 0.2) is 34.9 Å². The summed E-state index contributed by atoms with van der Waals surface area (Å²) in [6, 6.07) is 7.10. The highest BCUT2D eigenvalue weighted by atomic mass is 79.9. The molecule has 30 heavy (non-hydrogen) atoms. The van der Waals surface area contributed by atoms with Crippen molar-refractivity contribution in [1.29, 1.82) is 0 Å². The summed E-state index contributed by atoms with van der Waals surface area (Å²) in [6.45, 7) is 3.27. The van der Waals surface area contributed by atoms with Gasteiger partial charge >= 0.3 is 5.97 Å². The molecule has 0 aliphatic carbocycles. The Morgan fingerprint density at radius 3 is 2.70 bits per heavy atom. The van der Waals surface area contributed by atoms with E-state index in [-0.39, 0.29) is 29.9 Å². The fraction of sp³-hybridized carbons (Fsp3) is 0.333. The SMILES string of the molecule is Cc1cc(C(=O)COC(=O)c2c[nH]c3ccc(Br)cc23)c(C)n1C1CCS(=O)(=O)C1. The lowest BCUT2D eigenvalue weighted by Gasteiger charge is -2.16. The highest BCUT2D eigenvalue weighted by Gasteiger charge is 2.31. The number of fused-ring (bicyclic) bond motifs is 1. The number of carbonyl (C=O) groups excluding carboxylic acids is 2. The van der Waals surface area contributed by atoms with Crippen LogP contribution in [0.25, 0.3) is 10.9 Å². The lowest BCUT2D eigenvalue weighted by Crippen LogP contribution is -2.17. The number of aromatic amines is 1. The van der Waals surface area contributed by atoms with Crippen molar-refractivity contribution in [2.75, 3.05) is 18.1 Å². The van der Waals surface area contributed by atoms with Crippen LogP contribution in [0, 0.1) is 13.8 Å². The third-order valence-corrected chi connectivity index (χ3v) is 7.80. The van der Waals surface area contributed by atoms with Gasteiger partial charge in [0.1, 0.15) is 0 Å². The van der Waals surface area contributed by atoms with Crippen LogP contribution >= 0.6 is 15.9 Å². The number of hydrogen-bond donors (Lipinski definition) is 1. The largest absolute Gasteiger partial charge is 0.454 e. The third kappa shape index (κ3) is 3.83. The van der Waals surface area contributed by atoms with Crippen molar-refractivity contribution in [1.82, 2.24) is 9.55 Å². The maximum absolute atomic E-state index is 12.7. The number of aryl methyl sites for hydroxylation is 1. The summed E-state index contributed by atoms with van der Waals surface area (Å²) in [6.07, 6.45) is 2.10. The molecule has 1 aliphatic heterocycles. The number of H-pyrrole nitrogens is 1. The fourth-order valence-electron chi connectivity index (χ4n) is 4.15. The van der Waals surface area contributed by atoms with E-state index >= 15 is 0 Å². The molecule has 2 aromatic heterocycles. The van der Waals surface area contributed by atoms with Gasteiger partial charge in [-0.25, -0.2) is 13.2 Å². The van der Waals surface area contributed by atoms with Crippen LogP contribution in [0.2, 0.25) is 0 Å². The van der Waals surface area contributed by atoms with Gasteiger partial charge in [0.25, 0.3) is 0 Å². The number of rotatable bonds is 5. The molecule has 7 nitrogen and oxygen atoms in total. The number of ketones is 1. The van der Waals surface area contributed by atoms with E-state index in [1.807, 2.05) is 29.7 Å². The predicted octanol–water partition coefficient (Wildman–Crippen LogP) is 3.75. The third-order valence-electron chi connectivity index (χ3n) is 5.56. The van der Waals surface area contributed by atoms with Crippen LogP contribution in [0.5, 0.6) is 0 Å². The average molecular weight is 493 g/mol. The second-order valence-electron chi connectivity index (χ2n) is 7.60. The Bertz CT molecular complexity index is 1270. The molecular weight excluding hydrogens is 472 g/mol. The number of Topliss-reactive ketones (excluding diaryl/α,β-unsaturated/α-hetero) is 1. The van der Waals surface area contributed by atoms with Crippen LogP contribution < -0.4 is 0 Å². The van der Waals surface area contributed by atoms with Crippen molar-refractivity contribution in [3.8, 4) is 0 Å². The van der Waals surface area contributed by atoms with Gasteiger partial charge in [0.05, 0.1) is 17.1 Å². The maximum atomic E-state index is 12.7. The summed E-state index contributed by atoms with van der Waals surface area (Å²) in [4.78, 5) is 28.3. The van der Waals surface area contributed by atoms with Gasteiger partial charge in [0, 0.05) is 44.6 Å². The van der Waals surface area contributed by atoms with E-state index in [0.29, 0.717) is 28.6 Å². The summed E-state index contributed by atoms with van der Waals surface area (Å²) < 4.78 is 31.7. The van der Waals surface area contributed by atoms with E-state index in [9.17, 15) is 18.0 Å². The minimum Gasteiger partial charge on any atom is -0.454 e. The first-order valence-electron chi connectivity index (χ1n) is 9.52. The molecule has 1 unspecified atom stereocenters. The zero-order valence-electron chi connectivity index (χ0n) is 16.6. The van der Waals surface area contributed by atoms with E-state index in [1.165, 1.54) is 0 Å². The molecule has 3 aromatic rings. The van der Waals surface area contributed by atoms with Crippen molar-refractivity contribution < 1.29 is 22.7 Å². The minimum atomic E-state index is -3.04. The summed E-state index contributed by atoms with van der Waals surface area (Å²) >= 11 is 3.38. The first-order chi connectivity index (χ1) is 14.2. The fourth-order valence-corrected chi connectivity index (χ4v) is 6.21. The van der Waals surface area contributed by atoms with Crippen molar-refractivity contribution in [3.63, 3.8) is 0 Å². The van der Waals surface area contributed by atoms with Crippen molar-refractivity contribution in [2.45, 2.75) is 26.3 Å². The molecule has 0 bridgehead atoms. The van der Waals surface area contributed by atoms with Crippen molar-refractivity contribution in [3.05, 3.63) is 57.4 Å². The Hall–Kier alpha value is -2.39. The quantitative estimate of drug-likeness (QED) is 0.431. The molecule has 0 radical (unpaired) electrons. The first kappa shape index (κ1) is 20.9. The predicted molar refractivity (Wildman–Crippen MR) is 117 cm³/mol. The Morgan fingerprint density at radius 2 is 2.00 bits per heavy atom. The first-order valence-corrected chi connectivity index (χ1v) is 12.1. The molecule has 0 amide bonds. The zero-order chi connectivity index (χ0) is 21.6. The van der Waals surface area contributed by atoms with Gasteiger partial charge in [-0.2, -0.15) is 0 Å². The zero-order valence-corrected chi connectivity index (χ0v) is 19.0. The Balaban J connectivity index is 1.50. The molecule has 1 N–H and O–H groups in total. The molecule has 1 aliphatic rings. The van der Waals surface area contributed by atoms with Crippen LogP contribution in [-0.4, -0.2) is 47.8 Å². The number of halogens is 1. The summed E-state index contributed by atoms with van der Waals surface area (Å²) in [5.74, 6) is -0.647. The van der Waals surface area contributed by atoms with Gasteiger partial charge in [-0.3, -0.25) is 4.79 Å².